The number of benzene rings is 1. The lowest BCUT2D eigenvalue weighted by atomic mass is 10.1. The number of amides is 1. The van der Waals surface area contributed by atoms with E-state index in [-0.39, 0.29) is 11.7 Å². The molecule has 1 aromatic heterocycles. The Morgan fingerprint density at radius 2 is 2.09 bits per heavy atom. The van der Waals surface area contributed by atoms with Gasteiger partial charge in [0.1, 0.15) is 0 Å². The van der Waals surface area contributed by atoms with Gasteiger partial charge in [-0.2, -0.15) is 0 Å². The predicted octanol–water partition coefficient (Wildman–Crippen LogP) is 2.16. The molecule has 114 valence electrons. The molecule has 0 saturated carbocycles. The maximum absolute atomic E-state index is 11.8. The highest BCUT2D eigenvalue weighted by molar-refractivity contribution is 6.31. The Balaban J connectivity index is 1.86. The molecule has 6 nitrogen and oxygen atoms in total. The molecule has 0 spiro atoms. The first-order valence-electron chi connectivity index (χ1n) is 6.55. The normalized spacial score (nSPS) is 11.5. The van der Waals surface area contributed by atoms with Crippen LogP contribution in [0.15, 0.2) is 42.9 Å². The molecule has 0 aliphatic carbocycles. The van der Waals surface area contributed by atoms with Gasteiger partial charge >= 0.3 is 5.97 Å². The van der Waals surface area contributed by atoms with E-state index in [4.69, 9.17) is 16.3 Å². The number of nitrogens with one attached hydrogen (secondary N) is 1. The Morgan fingerprint density at radius 1 is 1.32 bits per heavy atom. The van der Waals surface area contributed by atoms with Crippen molar-refractivity contribution in [1.82, 2.24) is 15.3 Å². The molecule has 1 heterocycles. The van der Waals surface area contributed by atoms with Crippen LogP contribution in [0, 0.1) is 0 Å². The second kappa shape index (κ2) is 7.51. The van der Waals surface area contributed by atoms with Crippen molar-refractivity contribution in [2.75, 3.05) is 6.61 Å². The zero-order valence-electron chi connectivity index (χ0n) is 11.8. The van der Waals surface area contributed by atoms with Crippen molar-refractivity contribution >= 4 is 23.5 Å². The molecule has 0 aliphatic heterocycles. The monoisotopic (exact) mass is 319 g/mol. The number of hydrogen-bond donors (Lipinski definition) is 1. The molecule has 0 bridgehead atoms. The van der Waals surface area contributed by atoms with E-state index in [0.717, 1.165) is 5.56 Å². The van der Waals surface area contributed by atoms with Gasteiger partial charge in [-0.3, -0.25) is 9.78 Å². The molecular formula is C15H14ClN3O3. The summed E-state index contributed by atoms with van der Waals surface area (Å²) in [4.78, 5) is 31.0. The molecule has 1 aromatic carbocycles. The number of nitrogens with zero attached hydrogens (tertiary/aromatic N) is 2. The van der Waals surface area contributed by atoms with Gasteiger partial charge in [0.2, 0.25) is 0 Å². The molecule has 2 rings (SSSR count). The maximum Gasteiger partial charge on any atom is 0.359 e. The third-order valence-electron chi connectivity index (χ3n) is 2.86. The standard InChI is InChI=1S/C15H14ClN3O3/c1-10(11-4-2-3-5-12(11)16)19-14(20)9-22-15(21)13-8-17-6-7-18-13/h2-8,10H,9H2,1H3,(H,19,20)/t10-/m1/s1. The Morgan fingerprint density at radius 3 is 2.77 bits per heavy atom. The molecule has 1 atom stereocenters. The molecule has 0 unspecified atom stereocenters. The zero-order valence-corrected chi connectivity index (χ0v) is 12.6. The summed E-state index contributed by atoms with van der Waals surface area (Å²) < 4.78 is 4.87. The van der Waals surface area contributed by atoms with E-state index < -0.39 is 18.5 Å². The SMILES string of the molecule is C[C@@H](NC(=O)COC(=O)c1cnccn1)c1ccccc1Cl. The summed E-state index contributed by atoms with van der Waals surface area (Å²) >= 11 is 6.06. The fourth-order valence-electron chi connectivity index (χ4n) is 1.80. The molecule has 7 heteroatoms. The number of aromatic nitrogens is 2. The Labute approximate surface area is 132 Å². The molecule has 22 heavy (non-hydrogen) atoms. The van der Waals surface area contributed by atoms with Crippen LogP contribution < -0.4 is 5.32 Å². The van der Waals surface area contributed by atoms with Crippen LogP contribution in [0.1, 0.15) is 29.0 Å². The minimum atomic E-state index is -0.700. The quantitative estimate of drug-likeness (QED) is 0.854. The maximum atomic E-state index is 11.8. The number of hydrogen-bond acceptors (Lipinski definition) is 5. The van der Waals surface area contributed by atoms with E-state index in [1.807, 2.05) is 18.2 Å². The summed E-state index contributed by atoms with van der Waals surface area (Å²) in [6, 6.07) is 6.91. The van der Waals surface area contributed by atoms with Crippen molar-refractivity contribution in [3.05, 3.63) is 59.1 Å². The van der Waals surface area contributed by atoms with Crippen LogP contribution in [-0.4, -0.2) is 28.5 Å². The summed E-state index contributed by atoms with van der Waals surface area (Å²) in [5, 5.41) is 3.27. The first kappa shape index (κ1) is 15.9. The third-order valence-corrected chi connectivity index (χ3v) is 3.20. The van der Waals surface area contributed by atoms with Gasteiger partial charge in [-0.05, 0) is 18.6 Å². The summed E-state index contributed by atoms with van der Waals surface area (Å²) in [6.45, 7) is 1.40. The molecule has 0 saturated heterocycles. The van der Waals surface area contributed by atoms with Gasteiger partial charge in [0.05, 0.1) is 12.2 Å². The van der Waals surface area contributed by atoms with E-state index in [0.29, 0.717) is 5.02 Å². The van der Waals surface area contributed by atoms with Crippen LogP contribution in [0.5, 0.6) is 0 Å². The van der Waals surface area contributed by atoms with Crippen LogP contribution in [-0.2, 0) is 9.53 Å². The lowest BCUT2D eigenvalue weighted by Crippen LogP contribution is -2.31. The Bertz CT molecular complexity index is 664. The van der Waals surface area contributed by atoms with E-state index in [9.17, 15) is 9.59 Å². The van der Waals surface area contributed by atoms with Gasteiger partial charge in [-0.1, -0.05) is 29.8 Å². The third kappa shape index (κ3) is 4.26. The molecule has 0 fully saturated rings. The van der Waals surface area contributed by atoms with Crippen molar-refractivity contribution in [1.29, 1.82) is 0 Å². The van der Waals surface area contributed by atoms with Crippen molar-refractivity contribution in [2.45, 2.75) is 13.0 Å². The molecular weight excluding hydrogens is 306 g/mol. The van der Waals surface area contributed by atoms with Crippen LogP contribution in [0.25, 0.3) is 0 Å². The number of carbonyl (C=O) groups is 2. The zero-order chi connectivity index (χ0) is 15.9. The summed E-state index contributed by atoms with van der Waals surface area (Å²) in [5.41, 5.74) is 0.840. The van der Waals surface area contributed by atoms with E-state index in [1.165, 1.54) is 18.6 Å². The number of rotatable bonds is 5. The second-order valence-electron chi connectivity index (χ2n) is 4.48. The minimum absolute atomic E-state index is 0.0504. The molecule has 2 aromatic rings. The van der Waals surface area contributed by atoms with Gasteiger partial charge in [-0.25, -0.2) is 9.78 Å². The largest absolute Gasteiger partial charge is 0.451 e. The number of ether oxygens (including phenoxy) is 1. The van der Waals surface area contributed by atoms with Crippen LogP contribution in [0.2, 0.25) is 5.02 Å². The minimum Gasteiger partial charge on any atom is -0.451 e. The Hall–Kier alpha value is -2.47. The highest BCUT2D eigenvalue weighted by atomic mass is 35.5. The fraction of sp³-hybridized carbons (Fsp3) is 0.200. The van der Waals surface area contributed by atoms with Crippen molar-refractivity contribution < 1.29 is 14.3 Å². The lowest BCUT2D eigenvalue weighted by Gasteiger charge is -2.15. The predicted molar refractivity (Wildman–Crippen MR) is 80.3 cm³/mol. The van der Waals surface area contributed by atoms with Crippen LogP contribution in [0.3, 0.4) is 0 Å². The lowest BCUT2D eigenvalue weighted by molar-refractivity contribution is -0.124. The Kier molecular flexibility index (Phi) is 5.43. The number of carbonyl (C=O) groups excluding carboxylic acids is 2. The van der Waals surface area contributed by atoms with Gasteiger partial charge in [0, 0.05) is 17.4 Å². The van der Waals surface area contributed by atoms with Gasteiger partial charge < -0.3 is 10.1 Å². The summed E-state index contributed by atoms with van der Waals surface area (Å²) in [6.07, 6.45) is 4.08. The second-order valence-corrected chi connectivity index (χ2v) is 4.88. The van der Waals surface area contributed by atoms with E-state index in [1.54, 1.807) is 13.0 Å². The number of esters is 1. The smallest absolute Gasteiger partial charge is 0.359 e. The van der Waals surface area contributed by atoms with Crippen LogP contribution >= 0.6 is 11.6 Å². The average molecular weight is 320 g/mol. The van der Waals surface area contributed by atoms with Crippen molar-refractivity contribution in [3.63, 3.8) is 0 Å². The van der Waals surface area contributed by atoms with Gasteiger partial charge in [0.25, 0.3) is 5.91 Å². The molecule has 0 aliphatic rings. The van der Waals surface area contributed by atoms with Crippen molar-refractivity contribution in [3.8, 4) is 0 Å². The fourth-order valence-corrected chi connectivity index (χ4v) is 2.10. The van der Waals surface area contributed by atoms with E-state index in [2.05, 4.69) is 15.3 Å². The highest BCUT2D eigenvalue weighted by Gasteiger charge is 2.15. The topological polar surface area (TPSA) is 81.2 Å². The first-order chi connectivity index (χ1) is 10.6. The number of halogens is 1. The summed E-state index contributed by atoms with van der Waals surface area (Å²) in [5.74, 6) is -1.13. The average Bonchev–Trinajstić information content (AvgIpc) is 2.53. The van der Waals surface area contributed by atoms with Gasteiger partial charge in [-0.15, -0.1) is 0 Å². The molecule has 1 N–H and O–H groups in total. The first-order valence-corrected chi connectivity index (χ1v) is 6.92. The highest BCUT2D eigenvalue weighted by Crippen LogP contribution is 2.21. The van der Waals surface area contributed by atoms with Gasteiger partial charge in [0.15, 0.2) is 12.3 Å². The summed E-state index contributed by atoms with van der Waals surface area (Å²) in [7, 11) is 0. The molecule has 0 radical (unpaired) electrons. The molecule has 1 amide bonds. The van der Waals surface area contributed by atoms with Crippen LogP contribution in [0.4, 0.5) is 0 Å². The van der Waals surface area contributed by atoms with Crippen molar-refractivity contribution in [2.24, 2.45) is 0 Å². The van der Waals surface area contributed by atoms with E-state index >= 15 is 0 Å².